The van der Waals surface area contributed by atoms with Crippen LogP contribution in [0.25, 0.3) is 17.1 Å². The van der Waals surface area contributed by atoms with Gasteiger partial charge in [0, 0.05) is 23.6 Å². The summed E-state index contributed by atoms with van der Waals surface area (Å²) in [5.41, 5.74) is 0.279. The summed E-state index contributed by atoms with van der Waals surface area (Å²) < 4.78 is 46.6. The van der Waals surface area contributed by atoms with Gasteiger partial charge < -0.3 is 10.1 Å². The number of alkyl halides is 3. The molecule has 1 amide bonds. The van der Waals surface area contributed by atoms with Crippen molar-refractivity contribution in [3.8, 4) is 22.8 Å². The molecule has 0 unspecified atom stereocenters. The number of benzene rings is 2. The van der Waals surface area contributed by atoms with Crippen molar-refractivity contribution in [1.82, 2.24) is 19.7 Å². The van der Waals surface area contributed by atoms with Crippen LogP contribution in [0.1, 0.15) is 5.56 Å². The molecule has 1 N–H and O–H groups in total. The molecule has 2 aromatic heterocycles. The molecule has 0 spiro atoms. The Morgan fingerprint density at radius 3 is 2.41 bits per heavy atom. The Morgan fingerprint density at radius 1 is 1.03 bits per heavy atom. The first-order valence-electron chi connectivity index (χ1n) is 9.96. The molecule has 0 saturated heterocycles. The van der Waals surface area contributed by atoms with E-state index < -0.39 is 17.6 Å². The van der Waals surface area contributed by atoms with E-state index in [1.807, 2.05) is 12.1 Å². The van der Waals surface area contributed by atoms with Gasteiger partial charge in [-0.05, 0) is 48.5 Å². The zero-order chi connectivity index (χ0) is 24.1. The fraction of sp³-hybridized carbons (Fsp3) is 0.130. The lowest BCUT2D eigenvalue weighted by Gasteiger charge is -2.14. The minimum Gasteiger partial charge on any atom is -0.497 e. The molecule has 2 heterocycles. The van der Waals surface area contributed by atoms with Gasteiger partial charge in [-0.15, -0.1) is 10.2 Å². The molecule has 0 atom stereocenters. The number of pyridine rings is 1. The summed E-state index contributed by atoms with van der Waals surface area (Å²) in [4.78, 5) is 16.5. The van der Waals surface area contributed by atoms with Crippen molar-refractivity contribution >= 4 is 23.4 Å². The van der Waals surface area contributed by atoms with E-state index in [9.17, 15) is 18.0 Å². The molecule has 0 aliphatic carbocycles. The second-order valence-corrected chi connectivity index (χ2v) is 7.90. The van der Waals surface area contributed by atoms with Gasteiger partial charge in [0.25, 0.3) is 0 Å². The Labute approximate surface area is 197 Å². The highest BCUT2D eigenvalue weighted by Gasteiger charge is 2.33. The zero-order valence-corrected chi connectivity index (χ0v) is 18.6. The lowest BCUT2D eigenvalue weighted by Crippen LogP contribution is -2.18. The summed E-state index contributed by atoms with van der Waals surface area (Å²) in [6.07, 6.45) is -1.33. The molecule has 2 aromatic carbocycles. The molecule has 11 heteroatoms. The van der Waals surface area contributed by atoms with Crippen LogP contribution in [0.15, 0.2) is 78.2 Å². The number of para-hydroxylation sites is 1. The van der Waals surface area contributed by atoms with Gasteiger partial charge in [0.05, 0.1) is 24.1 Å². The van der Waals surface area contributed by atoms with E-state index in [2.05, 4.69) is 20.5 Å². The largest absolute Gasteiger partial charge is 0.497 e. The second-order valence-electron chi connectivity index (χ2n) is 6.96. The molecule has 174 valence electrons. The summed E-state index contributed by atoms with van der Waals surface area (Å²) in [5.74, 6) is 0.421. The van der Waals surface area contributed by atoms with Crippen LogP contribution >= 0.6 is 11.8 Å². The van der Waals surface area contributed by atoms with E-state index in [0.29, 0.717) is 16.7 Å². The van der Waals surface area contributed by atoms with Gasteiger partial charge in [-0.1, -0.05) is 23.9 Å². The minimum atomic E-state index is -4.58. The number of anilines is 1. The fourth-order valence-electron chi connectivity index (χ4n) is 3.17. The van der Waals surface area contributed by atoms with Crippen LogP contribution in [0.4, 0.5) is 18.9 Å². The molecule has 4 rings (SSSR count). The predicted octanol–water partition coefficient (Wildman–Crippen LogP) is 5.09. The number of hydrogen-bond donors (Lipinski definition) is 1. The molecule has 7 nitrogen and oxygen atoms in total. The van der Waals surface area contributed by atoms with Crippen molar-refractivity contribution in [2.45, 2.75) is 11.3 Å². The minimum absolute atomic E-state index is 0.170. The number of thioether (sulfide) groups is 1. The van der Waals surface area contributed by atoms with Crippen molar-refractivity contribution in [3.63, 3.8) is 0 Å². The summed E-state index contributed by atoms with van der Waals surface area (Å²) in [5, 5.41) is 11.2. The van der Waals surface area contributed by atoms with Crippen molar-refractivity contribution in [2.75, 3.05) is 18.2 Å². The van der Waals surface area contributed by atoms with Crippen LogP contribution < -0.4 is 10.1 Å². The first-order valence-corrected chi connectivity index (χ1v) is 10.9. The number of hydrogen-bond acceptors (Lipinski definition) is 6. The highest BCUT2D eigenvalue weighted by Crippen LogP contribution is 2.35. The number of halogens is 3. The van der Waals surface area contributed by atoms with Crippen molar-refractivity contribution in [1.29, 1.82) is 0 Å². The van der Waals surface area contributed by atoms with E-state index in [-0.39, 0.29) is 11.4 Å². The fourth-order valence-corrected chi connectivity index (χ4v) is 3.92. The van der Waals surface area contributed by atoms with Crippen LogP contribution in [-0.2, 0) is 11.0 Å². The normalized spacial score (nSPS) is 11.3. The Hall–Kier alpha value is -3.86. The van der Waals surface area contributed by atoms with Gasteiger partial charge in [-0.3, -0.25) is 14.3 Å². The van der Waals surface area contributed by atoms with Gasteiger partial charge in [-0.25, -0.2) is 0 Å². The van der Waals surface area contributed by atoms with Crippen LogP contribution in [0.2, 0.25) is 0 Å². The lowest BCUT2D eigenvalue weighted by molar-refractivity contribution is -0.137. The number of aromatic nitrogens is 4. The Kier molecular flexibility index (Phi) is 6.82. The van der Waals surface area contributed by atoms with Crippen molar-refractivity contribution < 1.29 is 22.7 Å². The maximum Gasteiger partial charge on any atom is 0.418 e. The third kappa shape index (κ3) is 5.20. The van der Waals surface area contributed by atoms with Crippen LogP contribution in [-0.4, -0.2) is 38.5 Å². The summed E-state index contributed by atoms with van der Waals surface area (Å²) >= 11 is 1.06. The molecule has 34 heavy (non-hydrogen) atoms. The van der Waals surface area contributed by atoms with E-state index in [1.54, 1.807) is 48.3 Å². The topological polar surface area (TPSA) is 81.9 Å². The van der Waals surface area contributed by atoms with Crippen LogP contribution in [0.5, 0.6) is 5.75 Å². The average molecular weight is 485 g/mol. The zero-order valence-electron chi connectivity index (χ0n) is 17.8. The molecule has 4 aromatic rings. The third-order valence-electron chi connectivity index (χ3n) is 4.74. The molecule has 0 aliphatic rings. The number of carbonyl (C=O) groups excluding carboxylic acids is 1. The molecule has 0 radical (unpaired) electrons. The quantitative estimate of drug-likeness (QED) is 0.368. The average Bonchev–Trinajstić information content (AvgIpc) is 3.27. The number of rotatable bonds is 7. The standard InChI is InChI=1S/C23H18F3N5O2S/c1-33-17-8-6-16(7-9-17)31-21(15-10-12-27-13-11-15)29-30-22(31)34-14-20(32)28-19-5-3-2-4-18(19)23(24,25)26/h2-13H,14H2,1H3,(H,28,32). The van der Waals surface area contributed by atoms with E-state index in [1.165, 1.54) is 18.2 Å². The highest BCUT2D eigenvalue weighted by atomic mass is 32.2. The Bertz CT molecular complexity index is 1280. The second kappa shape index (κ2) is 9.96. The van der Waals surface area contributed by atoms with Gasteiger partial charge in [0.2, 0.25) is 5.91 Å². The number of ether oxygens (including phenoxy) is 1. The number of nitrogens with one attached hydrogen (secondary N) is 1. The SMILES string of the molecule is COc1ccc(-n2c(SCC(=O)Nc3ccccc3C(F)(F)F)nnc2-c2ccncc2)cc1. The van der Waals surface area contributed by atoms with Gasteiger partial charge >= 0.3 is 6.18 Å². The Morgan fingerprint density at radius 2 is 1.74 bits per heavy atom. The third-order valence-corrected chi connectivity index (χ3v) is 5.67. The monoisotopic (exact) mass is 485 g/mol. The lowest BCUT2D eigenvalue weighted by atomic mass is 10.1. The van der Waals surface area contributed by atoms with Crippen molar-refractivity contribution in [3.05, 3.63) is 78.6 Å². The smallest absolute Gasteiger partial charge is 0.418 e. The van der Waals surface area contributed by atoms with E-state index in [4.69, 9.17) is 4.74 Å². The molecule has 0 saturated carbocycles. The van der Waals surface area contributed by atoms with Crippen molar-refractivity contribution in [2.24, 2.45) is 0 Å². The summed E-state index contributed by atoms with van der Waals surface area (Å²) in [7, 11) is 1.56. The van der Waals surface area contributed by atoms with E-state index >= 15 is 0 Å². The first kappa shape index (κ1) is 23.3. The van der Waals surface area contributed by atoms with Gasteiger partial charge in [-0.2, -0.15) is 13.2 Å². The maximum atomic E-state index is 13.2. The van der Waals surface area contributed by atoms with E-state index in [0.717, 1.165) is 29.1 Å². The number of nitrogens with zero attached hydrogens (tertiary/aromatic N) is 4. The molecule has 0 fully saturated rings. The van der Waals surface area contributed by atoms with Gasteiger partial charge in [0.15, 0.2) is 11.0 Å². The molecular weight excluding hydrogens is 467 g/mol. The number of amides is 1. The highest BCUT2D eigenvalue weighted by molar-refractivity contribution is 7.99. The Balaban J connectivity index is 1.59. The predicted molar refractivity (Wildman–Crippen MR) is 122 cm³/mol. The number of carbonyl (C=O) groups is 1. The summed E-state index contributed by atoms with van der Waals surface area (Å²) in [6.45, 7) is 0. The van der Waals surface area contributed by atoms with Crippen LogP contribution in [0.3, 0.4) is 0 Å². The molecule has 0 aliphatic heterocycles. The molecular formula is C23H18F3N5O2S. The summed E-state index contributed by atoms with van der Waals surface area (Å²) in [6, 6.07) is 15.6. The van der Waals surface area contributed by atoms with Crippen LogP contribution in [0, 0.1) is 0 Å². The first-order chi connectivity index (χ1) is 16.4. The van der Waals surface area contributed by atoms with Gasteiger partial charge in [0.1, 0.15) is 5.75 Å². The number of methoxy groups -OCH3 is 1. The maximum absolute atomic E-state index is 13.2. The molecule has 0 bridgehead atoms.